The van der Waals surface area contributed by atoms with Gasteiger partial charge in [-0.3, -0.25) is 4.21 Å². The second-order valence-corrected chi connectivity index (χ2v) is 7.18. The van der Waals surface area contributed by atoms with Crippen molar-refractivity contribution in [2.24, 2.45) is 5.92 Å². The largest absolute Gasteiger partial charge is 0.320 e. The summed E-state index contributed by atoms with van der Waals surface area (Å²) in [5.74, 6) is 0.670. The highest BCUT2D eigenvalue weighted by Gasteiger charge is 2.29. The van der Waals surface area contributed by atoms with Gasteiger partial charge in [-0.25, -0.2) is 0 Å². The molecule has 0 saturated heterocycles. The molecule has 1 aromatic heterocycles. The normalized spacial score (nSPS) is 20.5. The first-order valence-corrected chi connectivity index (χ1v) is 8.56. The zero-order valence-corrected chi connectivity index (χ0v) is 12.0. The molecule has 0 aromatic carbocycles. The van der Waals surface area contributed by atoms with Crippen LogP contribution in [0.2, 0.25) is 0 Å². The van der Waals surface area contributed by atoms with Gasteiger partial charge in [0.1, 0.15) is 0 Å². The fourth-order valence-electron chi connectivity index (χ4n) is 2.67. The Morgan fingerprint density at radius 1 is 1.53 bits per heavy atom. The van der Waals surface area contributed by atoms with Crippen molar-refractivity contribution in [2.75, 3.05) is 13.6 Å². The van der Waals surface area contributed by atoms with Crippen molar-refractivity contribution >= 4 is 22.1 Å². The van der Waals surface area contributed by atoms with E-state index in [0.29, 0.717) is 11.2 Å². The minimum absolute atomic E-state index is 0.347. The lowest BCUT2D eigenvalue weighted by molar-refractivity contribution is 0.480. The average Bonchev–Trinajstić information content (AvgIpc) is 3.02. The number of rotatable bonds is 6. The number of nitrogens with one attached hydrogen (secondary N) is 1. The SMILES string of the molecule is CNCCC(C1CCCC1)S(=O)c1ccsc1. The van der Waals surface area contributed by atoms with E-state index in [2.05, 4.69) is 5.32 Å². The van der Waals surface area contributed by atoms with Gasteiger partial charge in [0.05, 0.1) is 10.8 Å². The summed E-state index contributed by atoms with van der Waals surface area (Å²) in [7, 11) is 1.16. The Morgan fingerprint density at radius 3 is 2.88 bits per heavy atom. The predicted molar refractivity (Wildman–Crippen MR) is 75.0 cm³/mol. The summed E-state index contributed by atoms with van der Waals surface area (Å²) in [6.45, 7) is 0.969. The van der Waals surface area contributed by atoms with Crippen molar-refractivity contribution in [1.29, 1.82) is 0 Å². The molecule has 1 aromatic rings. The van der Waals surface area contributed by atoms with Crippen molar-refractivity contribution in [3.8, 4) is 0 Å². The van der Waals surface area contributed by atoms with Crippen molar-refractivity contribution in [3.63, 3.8) is 0 Å². The molecule has 1 fully saturated rings. The average molecular weight is 271 g/mol. The third-order valence-electron chi connectivity index (χ3n) is 3.61. The molecule has 2 atom stereocenters. The number of hydrogen-bond acceptors (Lipinski definition) is 3. The second-order valence-electron chi connectivity index (χ2n) is 4.73. The topological polar surface area (TPSA) is 29.1 Å². The summed E-state index contributed by atoms with van der Waals surface area (Å²) in [6, 6.07) is 2.02. The summed E-state index contributed by atoms with van der Waals surface area (Å²) in [6.07, 6.45) is 6.21. The van der Waals surface area contributed by atoms with Gasteiger partial charge in [0.25, 0.3) is 0 Å². The Labute approximate surface area is 110 Å². The highest BCUT2D eigenvalue weighted by atomic mass is 32.2. The second kappa shape index (κ2) is 6.66. The van der Waals surface area contributed by atoms with E-state index >= 15 is 0 Å². The fourth-order valence-corrected chi connectivity index (χ4v) is 5.33. The van der Waals surface area contributed by atoms with E-state index in [4.69, 9.17) is 0 Å². The maximum Gasteiger partial charge on any atom is 0.0572 e. The van der Waals surface area contributed by atoms with Gasteiger partial charge in [-0.1, -0.05) is 12.8 Å². The summed E-state index contributed by atoms with van der Waals surface area (Å²) in [5.41, 5.74) is 0. The van der Waals surface area contributed by atoms with Crippen LogP contribution >= 0.6 is 11.3 Å². The molecule has 4 heteroatoms. The lowest BCUT2D eigenvalue weighted by atomic mass is 10.0. The van der Waals surface area contributed by atoms with E-state index in [1.165, 1.54) is 25.7 Å². The van der Waals surface area contributed by atoms with Crippen molar-refractivity contribution in [2.45, 2.75) is 42.2 Å². The Kier molecular flexibility index (Phi) is 5.19. The van der Waals surface area contributed by atoms with Crippen LogP contribution in [-0.4, -0.2) is 23.1 Å². The molecule has 0 amide bonds. The molecule has 0 bridgehead atoms. The van der Waals surface area contributed by atoms with Crippen LogP contribution in [-0.2, 0) is 10.8 Å². The van der Waals surface area contributed by atoms with Crippen LogP contribution in [0.4, 0.5) is 0 Å². The van der Waals surface area contributed by atoms with Crippen LogP contribution in [0, 0.1) is 5.92 Å². The van der Waals surface area contributed by atoms with Crippen molar-refractivity contribution in [3.05, 3.63) is 16.8 Å². The lowest BCUT2D eigenvalue weighted by Crippen LogP contribution is -2.27. The Morgan fingerprint density at radius 2 is 2.29 bits per heavy atom. The smallest absolute Gasteiger partial charge is 0.0572 e. The first-order valence-electron chi connectivity index (χ1n) is 6.40. The lowest BCUT2D eigenvalue weighted by Gasteiger charge is -2.22. The molecule has 2 unspecified atom stereocenters. The van der Waals surface area contributed by atoms with Gasteiger partial charge in [-0.15, -0.1) is 0 Å². The van der Waals surface area contributed by atoms with E-state index < -0.39 is 10.8 Å². The van der Waals surface area contributed by atoms with Gasteiger partial charge in [-0.2, -0.15) is 11.3 Å². The summed E-state index contributed by atoms with van der Waals surface area (Å²) in [5, 5.41) is 7.60. The quantitative estimate of drug-likeness (QED) is 0.861. The molecular formula is C13H21NOS2. The molecule has 2 rings (SSSR count). The van der Waals surface area contributed by atoms with Crippen molar-refractivity contribution in [1.82, 2.24) is 5.32 Å². The highest BCUT2D eigenvalue weighted by molar-refractivity contribution is 7.85. The van der Waals surface area contributed by atoms with Gasteiger partial charge in [0.15, 0.2) is 0 Å². The minimum Gasteiger partial charge on any atom is -0.320 e. The first-order chi connectivity index (χ1) is 8.33. The molecule has 2 nitrogen and oxygen atoms in total. The van der Waals surface area contributed by atoms with E-state index in [0.717, 1.165) is 17.9 Å². The maximum atomic E-state index is 12.6. The summed E-state index contributed by atoms with van der Waals surface area (Å²) >= 11 is 1.64. The standard InChI is InChI=1S/C13H21NOS2/c1-14-8-6-13(11-4-2-3-5-11)17(15)12-7-9-16-10-12/h7,9-11,13-14H,2-6,8H2,1H3. The third-order valence-corrected chi connectivity index (χ3v) is 6.33. The fraction of sp³-hybridized carbons (Fsp3) is 0.692. The zero-order valence-electron chi connectivity index (χ0n) is 10.4. The molecule has 1 N–H and O–H groups in total. The van der Waals surface area contributed by atoms with Gasteiger partial charge in [-0.05, 0) is 50.2 Å². The maximum absolute atomic E-state index is 12.6. The van der Waals surface area contributed by atoms with Gasteiger partial charge in [0.2, 0.25) is 0 Å². The molecule has 1 saturated carbocycles. The molecule has 0 radical (unpaired) electrons. The molecule has 1 aliphatic rings. The third kappa shape index (κ3) is 3.39. The van der Waals surface area contributed by atoms with Crippen LogP contribution in [0.25, 0.3) is 0 Å². The van der Waals surface area contributed by atoms with Gasteiger partial charge in [0, 0.05) is 15.5 Å². The number of thiophene rings is 1. The van der Waals surface area contributed by atoms with Crippen LogP contribution in [0.5, 0.6) is 0 Å². The summed E-state index contributed by atoms with van der Waals surface area (Å²) < 4.78 is 12.6. The first kappa shape index (κ1) is 13.2. The molecule has 96 valence electrons. The van der Waals surface area contributed by atoms with Gasteiger partial charge < -0.3 is 5.32 Å². The highest BCUT2D eigenvalue weighted by Crippen LogP contribution is 2.33. The molecule has 17 heavy (non-hydrogen) atoms. The monoisotopic (exact) mass is 271 g/mol. The zero-order chi connectivity index (χ0) is 12.1. The van der Waals surface area contributed by atoms with Crippen LogP contribution in [0.3, 0.4) is 0 Å². The van der Waals surface area contributed by atoms with E-state index in [9.17, 15) is 4.21 Å². The van der Waals surface area contributed by atoms with Crippen LogP contribution in [0.1, 0.15) is 32.1 Å². The van der Waals surface area contributed by atoms with E-state index in [1.807, 2.05) is 23.9 Å². The van der Waals surface area contributed by atoms with Crippen LogP contribution in [0.15, 0.2) is 21.7 Å². The van der Waals surface area contributed by atoms with E-state index in [-0.39, 0.29) is 0 Å². The Bertz CT molecular complexity index is 344. The number of hydrogen-bond donors (Lipinski definition) is 1. The van der Waals surface area contributed by atoms with Crippen molar-refractivity contribution < 1.29 is 4.21 Å². The summed E-state index contributed by atoms with van der Waals surface area (Å²) in [4.78, 5) is 1.03. The molecular weight excluding hydrogens is 250 g/mol. The molecule has 1 aliphatic carbocycles. The van der Waals surface area contributed by atoms with E-state index in [1.54, 1.807) is 11.3 Å². The Balaban J connectivity index is 2.06. The van der Waals surface area contributed by atoms with Gasteiger partial charge >= 0.3 is 0 Å². The predicted octanol–water partition coefficient (Wildman–Crippen LogP) is 3.02. The van der Waals surface area contributed by atoms with Crippen LogP contribution < -0.4 is 5.32 Å². The molecule has 0 aliphatic heterocycles. The molecule has 1 heterocycles. The molecule has 0 spiro atoms. The Hall–Kier alpha value is -0.190. The minimum atomic E-state index is -0.811.